The van der Waals surface area contributed by atoms with Gasteiger partial charge in [0.05, 0.1) is 24.3 Å². The van der Waals surface area contributed by atoms with Gasteiger partial charge in [-0.15, -0.1) is 11.3 Å². The standard InChI is InChI=1S/C14H17ClN2OS/c1-4-14-17-8-10(19-14)7-16-12-5-9(2)11(15)6-13(12)18-3/h5-6,8,16H,4,7H2,1-3H3. The predicted octanol–water partition coefficient (Wildman–Crippen LogP) is 4.29. The Labute approximate surface area is 122 Å². The van der Waals surface area contributed by atoms with Gasteiger partial charge in [-0.2, -0.15) is 0 Å². The molecule has 1 heterocycles. The van der Waals surface area contributed by atoms with Crippen LogP contribution in [0.4, 0.5) is 5.69 Å². The van der Waals surface area contributed by atoms with Crippen LogP contribution < -0.4 is 10.1 Å². The smallest absolute Gasteiger partial charge is 0.143 e. The highest BCUT2D eigenvalue weighted by molar-refractivity contribution is 7.11. The number of nitrogens with zero attached hydrogens (tertiary/aromatic N) is 1. The first kappa shape index (κ1) is 14.2. The number of ether oxygens (including phenoxy) is 1. The average molecular weight is 297 g/mol. The first-order valence-electron chi connectivity index (χ1n) is 6.15. The summed E-state index contributed by atoms with van der Waals surface area (Å²) >= 11 is 7.82. The number of aromatic nitrogens is 1. The molecule has 0 fully saturated rings. The first-order chi connectivity index (χ1) is 9.13. The molecule has 0 bridgehead atoms. The van der Waals surface area contributed by atoms with Crippen molar-refractivity contribution in [1.82, 2.24) is 4.98 Å². The van der Waals surface area contributed by atoms with Crippen molar-refractivity contribution in [2.45, 2.75) is 26.8 Å². The van der Waals surface area contributed by atoms with Crippen molar-refractivity contribution in [1.29, 1.82) is 0 Å². The molecule has 0 aliphatic heterocycles. The molecule has 3 nitrogen and oxygen atoms in total. The van der Waals surface area contributed by atoms with Gasteiger partial charge in [-0.25, -0.2) is 4.98 Å². The summed E-state index contributed by atoms with van der Waals surface area (Å²) in [4.78, 5) is 5.56. The van der Waals surface area contributed by atoms with E-state index in [1.807, 2.05) is 25.3 Å². The summed E-state index contributed by atoms with van der Waals surface area (Å²) in [5, 5.41) is 5.25. The third-order valence-corrected chi connectivity index (χ3v) is 4.39. The highest BCUT2D eigenvalue weighted by Gasteiger charge is 2.07. The second kappa shape index (κ2) is 6.26. The maximum absolute atomic E-state index is 6.09. The first-order valence-corrected chi connectivity index (χ1v) is 7.35. The van der Waals surface area contributed by atoms with E-state index < -0.39 is 0 Å². The molecule has 2 rings (SSSR count). The number of aryl methyl sites for hydroxylation is 2. The van der Waals surface area contributed by atoms with Crippen molar-refractivity contribution < 1.29 is 4.74 Å². The Morgan fingerprint density at radius 3 is 2.84 bits per heavy atom. The molecule has 5 heteroatoms. The zero-order chi connectivity index (χ0) is 13.8. The monoisotopic (exact) mass is 296 g/mol. The zero-order valence-corrected chi connectivity index (χ0v) is 12.9. The molecule has 0 atom stereocenters. The molecule has 0 unspecified atom stereocenters. The maximum Gasteiger partial charge on any atom is 0.143 e. The van der Waals surface area contributed by atoms with E-state index in [1.54, 1.807) is 18.4 Å². The fraction of sp³-hybridized carbons (Fsp3) is 0.357. The van der Waals surface area contributed by atoms with E-state index in [4.69, 9.17) is 16.3 Å². The number of hydrogen-bond donors (Lipinski definition) is 1. The molecule has 19 heavy (non-hydrogen) atoms. The lowest BCUT2D eigenvalue weighted by molar-refractivity contribution is 0.416. The van der Waals surface area contributed by atoms with Gasteiger partial charge in [-0.3, -0.25) is 0 Å². The fourth-order valence-electron chi connectivity index (χ4n) is 1.75. The molecule has 2 aromatic rings. The van der Waals surface area contributed by atoms with Crippen LogP contribution in [0.15, 0.2) is 18.3 Å². The summed E-state index contributed by atoms with van der Waals surface area (Å²) in [5.41, 5.74) is 1.99. The average Bonchev–Trinajstić information content (AvgIpc) is 2.87. The minimum absolute atomic E-state index is 0.716. The van der Waals surface area contributed by atoms with E-state index in [0.717, 1.165) is 35.0 Å². The Kier molecular flexibility index (Phi) is 4.66. The van der Waals surface area contributed by atoms with E-state index in [2.05, 4.69) is 17.2 Å². The van der Waals surface area contributed by atoms with Crippen molar-refractivity contribution in [2.24, 2.45) is 0 Å². The zero-order valence-electron chi connectivity index (χ0n) is 11.3. The van der Waals surface area contributed by atoms with Gasteiger partial charge in [0.1, 0.15) is 5.75 Å². The Morgan fingerprint density at radius 2 is 2.21 bits per heavy atom. The lowest BCUT2D eigenvalue weighted by atomic mass is 10.2. The van der Waals surface area contributed by atoms with Crippen LogP contribution in [-0.4, -0.2) is 12.1 Å². The number of benzene rings is 1. The lowest BCUT2D eigenvalue weighted by Gasteiger charge is -2.12. The van der Waals surface area contributed by atoms with E-state index in [-0.39, 0.29) is 0 Å². The van der Waals surface area contributed by atoms with Crippen LogP contribution in [0, 0.1) is 6.92 Å². The summed E-state index contributed by atoms with van der Waals surface area (Å²) in [6.45, 7) is 4.84. The van der Waals surface area contributed by atoms with Gasteiger partial charge in [0.15, 0.2) is 0 Å². The van der Waals surface area contributed by atoms with Crippen molar-refractivity contribution >= 4 is 28.6 Å². The second-order valence-electron chi connectivity index (χ2n) is 4.23. The van der Waals surface area contributed by atoms with Crippen LogP contribution in [0.5, 0.6) is 5.75 Å². The molecule has 1 aromatic heterocycles. The summed E-state index contributed by atoms with van der Waals surface area (Å²) in [5.74, 6) is 0.760. The van der Waals surface area contributed by atoms with Gasteiger partial charge in [-0.1, -0.05) is 18.5 Å². The topological polar surface area (TPSA) is 34.2 Å². The summed E-state index contributed by atoms with van der Waals surface area (Å²) in [7, 11) is 1.65. The quantitative estimate of drug-likeness (QED) is 0.894. The van der Waals surface area contributed by atoms with Gasteiger partial charge >= 0.3 is 0 Å². The third-order valence-electron chi connectivity index (χ3n) is 2.84. The summed E-state index contributed by atoms with van der Waals surface area (Å²) in [6.07, 6.45) is 2.90. The molecule has 0 spiro atoms. The van der Waals surface area contributed by atoms with Gasteiger partial charge in [-0.05, 0) is 25.0 Å². The van der Waals surface area contributed by atoms with Crippen LogP contribution in [0.25, 0.3) is 0 Å². The minimum Gasteiger partial charge on any atom is -0.495 e. The minimum atomic E-state index is 0.716. The molecule has 0 aliphatic rings. The molecular weight excluding hydrogens is 280 g/mol. The predicted molar refractivity (Wildman–Crippen MR) is 81.6 cm³/mol. The molecule has 0 saturated heterocycles. The molecule has 0 amide bonds. The number of nitrogens with one attached hydrogen (secondary N) is 1. The number of thiazole rings is 1. The van der Waals surface area contributed by atoms with Gasteiger partial charge in [0.25, 0.3) is 0 Å². The molecule has 1 aromatic carbocycles. The van der Waals surface area contributed by atoms with Crippen LogP contribution in [0.1, 0.15) is 22.4 Å². The number of hydrogen-bond acceptors (Lipinski definition) is 4. The molecule has 1 N–H and O–H groups in total. The molecule has 102 valence electrons. The number of anilines is 1. The molecule has 0 radical (unpaired) electrons. The largest absolute Gasteiger partial charge is 0.495 e. The van der Waals surface area contributed by atoms with E-state index in [1.165, 1.54) is 4.88 Å². The summed E-state index contributed by atoms with van der Waals surface area (Å²) < 4.78 is 5.34. The van der Waals surface area contributed by atoms with Crippen LogP contribution in [0.3, 0.4) is 0 Å². The van der Waals surface area contributed by atoms with Crippen LogP contribution in [-0.2, 0) is 13.0 Å². The van der Waals surface area contributed by atoms with Crippen molar-refractivity contribution in [3.8, 4) is 5.75 Å². The van der Waals surface area contributed by atoms with Crippen LogP contribution in [0.2, 0.25) is 5.02 Å². The van der Waals surface area contributed by atoms with Crippen LogP contribution >= 0.6 is 22.9 Å². The van der Waals surface area contributed by atoms with Crippen molar-refractivity contribution in [2.75, 3.05) is 12.4 Å². The number of halogens is 1. The Morgan fingerprint density at radius 1 is 1.42 bits per heavy atom. The van der Waals surface area contributed by atoms with Gasteiger partial charge < -0.3 is 10.1 Å². The fourth-order valence-corrected chi connectivity index (χ4v) is 2.70. The highest BCUT2D eigenvalue weighted by Crippen LogP contribution is 2.31. The van der Waals surface area contributed by atoms with Crippen molar-refractivity contribution in [3.05, 3.63) is 38.8 Å². The Balaban J connectivity index is 2.12. The van der Waals surface area contributed by atoms with E-state index in [0.29, 0.717) is 5.02 Å². The van der Waals surface area contributed by atoms with Gasteiger partial charge in [0, 0.05) is 22.2 Å². The number of rotatable bonds is 5. The number of methoxy groups -OCH3 is 1. The molecule has 0 aliphatic carbocycles. The maximum atomic E-state index is 6.09. The highest BCUT2D eigenvalue weighted by atomic mass is 35.5. The SMILES string of the molecule is CCc1ncc(CNc2cc(C)c(Cl)cc2OC)s1. The summed E-state index contributed by atoms with van der Waals surface area (Å²) in [6, 6.07) is 3.84. The molecule has 0 saturated carbocycles. The normalized spacial score (nSPS) is 10.5. The van der Waals surface area contributed by atoms with E-state index >= 15 is 0 Å². The Hall–Kier alpha value is -1.26. The third kappa shape index (κ3) is 3.39. The molecular formula is C14H17ClN2OS. The van der Waals surface area contributed by atoms with E-state index in [9.17, 15) is 0 Å². The lowest BCUT2D eigenvalue weighted by Crippen LogP contribution is -2.00. The second-order valence-corrected chi connectivity index (χ2v) is 5.84. The van der Waals surface area contributed by atoms with Gasteiger partial charge in [0.2, 0.25) is 0 Å². The Bertz CT molecular complexity index is 569. The van der Waals surface area contributed by atoms with Crippen molar-refractivity contribution in [3.63, 3.8) is 0 Å².